The van der Waals surface area contributed by atoms with Gasteiger partial charge in [0, 0.05) is 11.1 Å². The summed E-state index contributed by atoms with van der Waals surface area (Å²) in [5.41, 5.74) is 3.47. The van der Waals surface area contributed by atoms with Gasteiger partial charge in [0.1, 0.15) is 0 Å². The first-order valence-electron chi connectivity index (χ1n) is 6.22. The molecule has 1 aromatic rings. The fourth-order valence-corrected chi connectivity index (χ4v) is 3.88. The Bertz CT molecular complexity index is 407. The normalized spacial score (nSPS) is 26.2. The van der Waals surface area contributed by atoms with Crippen molar-refractivity contribution < 1.29 is 0 Å². The molecular weight excluding hydrogens is 218 g/mol. The third-order valence-corrected chi connectivity index (χ3v) is 4.70. The molecule has 0 heterocycles. The van der Waals surface area contributed by atoms with Gasteiger partial charge in [-0.1, -0.05) is 30.5 Å². The number of nitrogens with one attached hydrogen (secondary N) is 1. The highest BCUT2D eigenvalue weighted by Gasteiger charge is 2.44. The molecular formula is C14H18ClN. The highest BCUT2D eigenvalue weighted by atomic mass is 35.5. The minimum absolute atomic E-state index is 0.466. The van der Waals surface area contributed by atoms with Gasteiger partial charge in [-0.15, -0.1) is 0 Å². The van der Waals surface area contributed by atoms with E-state index in [-0.39, 0.29) is 0 Å². The van der Waals surface area contributed by atoms with Crippen LogP contribution in [0.25, 0.3) is 0 Å². The molecule has 3 rings (SSSR count). The van der Waals surface area contributed by atoms with Crippen molar-refractivity contribution >= 4 is 11.6 Å². The van der Waals surface area contributed by atoms with Gasteiger partial charge in [0.25, 0.3) is 0 Å². The molecule has 0 saturated heterocycles. The molecule has 1 nitrogen and oxygen atoms in total. The van der Waals surface area contributed by atoms with Gasteiger partial charge in [0.05, 0.1) is 0 Å². The standard InChI is InChI=1S/C14H18ClN/c1-16-13-9-14(6-2-3-7-14)12-5-4-10(15)8-11(12)13/h4-5,8,13,16H,2-3,6-7,9H2,1H3. The summed E-state index contributed by atoms with van der Waals surface area (Å²) in [5, 5.41) is 4.31. The van der Waals surface area contributed by atoms with Crippen molar-refractivity contribution in [3.63, 3.8) is 0 Å². The number of hydrogen-bond acceptors (Lipinski definition) is 1. The number of halogens is 1. The minimum atomic E-state index is 0.466. The van der Waals surface area contributed by atoms with Gasteiger partial charge in [0.2, 0.25) is 0 Å². The molecule has 0 radical (unpaired) electrons. The van der Waals surface area contributed by atoms with Crippen molar-refractivity contribution in [2.75, 3.05) is 7.05 Å². The van der Waals surface area contributed by atoms with Gasteiger partial charge in [-0.05, 0) is 55.0 Å². The highest BCUT2D eigenvalue weighted by Crippen LogP contribution is 2.54. The van der Waals surface area contributed by atoms with Crippen LogP contribution in [0.2, 0.25) is 5.02 Å². The van der Waals surface area contributed by atoms with E-state index in [0.717, 1.165) is 5.02 Å². The lowest BCUT2D eigenvalue weighted by molar-refractivity contribution is 0.390. The molecule has 0 bridgehead atoms. The molecule has 1 unspecified atom stereocenters. The third-order valence-electron chi connectivity index (χ3n) is 4.46. The van der Waals surface area contributed by atoms with E-state index in [2.05, 4.69) is 30.6 Å². The summed E-state index contributed by atoms with van der Waals surface area (Å²) >= 11 is 6.11. The molecule has 0 aromatic heterocycles. The molecule has 2 aliphatic rings. The predicted molar refractivity (Wildman–Crippen MR) is 68.0 cm³/mol. The average Bonchev–Trinajstić information content (AvgIpc) is 2.86. The summed E-state index contributed by atoms with van der Waals surface area (Å²) < 4.78 is 0. The largest absolute Gasteiger partial charge is 0.313 e. The minimum Gasteiger partial charge on any atom is -0.313 e. The van der Waals surface area contributed by atoms with Crippen LogP contribution in [-0.2, 0) is 5.41 Å². The zero-order valence-corrected chi connectivity index (χ0v) is 10.5. The van der Waals surface area contributed by atoms with E-state index in [9.17, 15) is 0 Å². The fourth-order valence-electron chi connectivity index (χ4n) is 3.70. The van der Waals surface area contributed by atoms with Crippen LogP contribution >= 0.6 is 11.6 Å². The van der Waals surface area contributed by atoms with Crippen LogP contribution in [0, 0.1) is 0 Å². The summed E-state index contributed by atoms with van der Waals surface area (Å²) in [6.07, 6.45) is 6.76. The first-order valence-corrected chi connectivity index (χ1v) is 6.60. The van der Waals surface area contributed by atoms with E-state index in [4.69, 9.17) is 11.6 Å². The SMILES string of the molecule is CNC1CC2(CCCC2)c2ccc(Cl)cc21. The molecule has 2 heteroatoms. The van der Waals surface area contributed by atoms with Gasteiger partial charge < -0.3 is 5.32 Å². The Kier molecular flexibility index (Phi) is 2.49. The first-order chi connectivity index (χ1) is 7.75. The summed E-state index contributed by atoms with van der Waals surface area (Å²) in [6, 6.07) is 6.98. The monoisotopic (exact) mass is 235 g/mol. The van der Waals surface area contributed by atoms with Crippen LogP contribution in [-0.4, -0.2) is 7.05 Å². The van der Waals surface area contributed by atoms with Crippen LogP contribution in [0.15, 0.2) is 18.2 Å². The van der Waals surface area contributed by atoms with E-state index >= 15 is 0 Å². The lowest BCUT2D eigenvalue weighted by Crippen LogP contribution is -2.20. The van der Waals surface area contributed by atoms with E-state index < -0.39 is 0 Å². The van der Waals surface area contributed by atoms with Crippen LogP contribution < -0.4 is 5.32 Å². The van der Waals surface area contributed by atoms with Crippen molar-refractivity contribution in [2.24, 2.45) is 0 Å². The highest BCUT2D eigenvalue weighted by molar-refractivity contribution is 6.30. The Labute approximate surface area is 102 Å². The molecule has 2 aliphatic carbocycles. The zero-order chi connectivity index (χ0) is 11.2. The fraction of sp³-hybridized carbons (Fsp3) is 0.571. The lowest BCUT2D eigenvalue weighted by Gasteiger charge is -2.24. The van der Waals surface area contributed by atoms with Crippen molar-refractivity contribution in [1.82, 2.24) is 5.32 Å². The molecule has 1 atom stereocenters. The number of hydrogen-bond donors (Lipinski definition) is 1. The summed E-state index contributed by atoms with van der Waals surface area (Å²) in [6.45, 7) is 0. The Morgan fingerprint density at radius 1 is 1.31 bits per heavy atom. The Hall–Kier alpha value is -0.530. The predicted octanol–water partition coefficient (Wildman–Crippen LogP) is 3.82. The second-order valence-electron chi connectivity index (χ2n) is 5.26. The molecule has 86 valence electrons. The number of fused-ring (bicyclic) bond motifs is 2. The average molecular weight is 236 g/mol. The molecule has 1 N–H and O–H groups in total. The topological polar surface area (TPSA) is 12.0 Å². The molecule has 0 aliphatic heterocycles. The first kappa shape index (κ1) is 10.6. The van der Waals surface area contributed by atoms with Gasteiger partial charge >= 0.3 is 0 Å². The maximum Gasteiger partial charge on any atom is 0.0409 e. The number of benzene rings is 1. The second kappa shape index (κ2) is 3.75. The Balaban J connectivity index is 2.10. The summed E-state index contributed by atoms with van der Waals surface area (Å²) in [5.74, 6) is 0. The lowest BCUT2D eigenvalue weighted by atomic mass is 9.80. The molecule has 1 saturated carbocycles. The van der Waals surface area contributed by atoms with Crippen molar-refractivity contribution in [3.05, 3.63) is 34.3 Å². The van der Waals surface area contributed by atoms with E-state index in [0.29, 0.717) is 11.5 Å². The molecule has 1 spiro atoms. The van der Waals surface area contributed by atoms with Gasteiger partial charge in [-0.3, -0.25) is 0 Å². The Morgan fingerprint density at radius 3 is 2.75 bits per heavy atom. The van der Waals surface area contributed by atoms with E-state index in [1.165, 1.54) is 37.7 Å². The maximum atomic E-state index is 6.11. The number of rotatable bonds is 1. The molecule has 1 aromatic carbocycles. The van der Waals surface area contributed by atoms with Crippen LogP contribution in [0.1, 0.15) is 49.3 Å². The maximum absolute atomic E-state index is 6.11. The van der Waals surface area contributed by atoms with E-state index in [1.807, 2.05) is 0 Å². The van der Waals surface area contributed by atoms with Crippen molar-refractivity contribution in [3.8, 4) is 0 Å². The zero-order valence-electron chi connectivity index (χ0n) is 9.72. The molecule has 16 heavy (non-hydrogen) atoms. The molecule has 1 fully saturated rings. The van der Waals surface area contributed by atoms with Gasteiger partial charge in [-0.25, -0.2) is 0 Å². The third kappa shape index (κ3) is 1.42. The smallest absolute Gasteiger partial charge is 0.0409 e. The summed E-state index contributed by atoms with van der Waals surface area (Å²) in [7, 11) is 2.06. The Morgan fingerprint density at radius 2 is 2.06 bits per heavy atom. The van der Waals surface area contributed by atoms with E-state index in [1.54, 1.807) is 5.56 Å². The van der Waals surface area contributed by atoms with Crippen LogP contribution in [0.4, 0.5) is 0 Å². The van der Waals surface area contributed by atoms with Gasteiger partial charge in [-0.2, -0.15) is 0 Å². The molecule has 0 amide bonds. The van der Waals surface area contributed by atoms with Crippen LogP contribution in [0.5, 0.6) is 0 Å². The second-order valence-corrected chi connectivity index (χ2v) is 5.70. The quantitative estimate of drug-likeness (QED) is 0.781. The van der Waals surface area contributed by atoms with Gasteiger partial charge in [0.15, 0.2) is 0 Å². The van der Waals surface area contributed by atoms with Crippen LogP contribution in [0.3, 0.4) is 0 Å². The van der Waals surface area contributed by atoms with Crippen molar-refractivity contribution in [2.45, 2.75) is 43.6 Å². The summed E-state index contributed by atoms with van der Waals surface area (Å²) in [4.78, 5) is 0. The van der Waals surface area contributed by atoms with Crippen molar-refractivity contribution in [1.29, 1.82) is 0 Å².